The van der Waals surface area contributed by atoms with E-state index in [2.05, 4.69) is 6.58 Å². The molecule has 0 bridgehead atoms. The molecule has 10 atom stereocenters. The van der Waals surface area contributed by atoms with Gasteiger partial charge in [0.25, 0.3) is 0 Å². The van der Waals surface area contributed by atoms with Crippen LogP contribution in [0.2, 0.25) is 0 Å². The monoisotopic (exact) mass is 378 g/mol. The van der Waals surface area contributed by atoms with Crippen molar-refractivity contribution in [3.63, 3.8) is 0 Å². The Morgan fingerprint density at radius 2 is 2.15 bits per heavy atom. The Hall–Kier alpha value is -1.44. The number of epoxide rings is 2. The molecule has 148 valence electrons. The zero-order valence-corrected chi connectivity index (χ0v) is 15.8. The highest BCUT2D eigenvalue weighted by Crippen LogP contribution is 2.67. The molecule has 3 aliphatic heterocycles. The number of carbonyl (C=O) groups is 2. The lowest BCUT2D eigenvalue weighted by Gasteiger charge is -2.33. The number of ether oxygens (including phenoxy) is 4. The number of hydrogen-bond donors (Lipinski definition) is 1. The number of carbonyl (C=O) groups excluding carboxylic acids is 2. The maximum atomic E-state index is 12.5. The molecule has 1 spiro atoms. The Labute approximate surface area is 158 Å². The van der Waals surface area contributed by atoms with E-state index in [1.54, 1.807) is 0 Å². The van der Waals surface area contributed by atoms with Crippen LogP contribution >= 0.6 is 0 Å². The van der Waals surface area contributed by atoms with Crippen molar-refractivity contribution in [3.8, 4) is 0 Å². The largest absolute Gasteiger partial charge is 0.461 e. The second-order valence-corrected chi connectivity index (χ2v) is 9.03. The summed E-state index contributed by atoms with van der Waals surface area (Å²) in [7, 11) is 0. The molecule has 3 heterocycles. The summed E-state index contributed by atoms with van der Waals surface area (Å²) < 4.78 is 23.3. The minimum atomic E-state index is -0.681. The van der Waals surface area contributed by atoms with E-state index in [0.717, 1.165) is 0 Å². The number of esters is 2. The molecule has 1 N–H and O–H groups in total. The minimum absolute atomic E-state index is 0.208. The van der Waals surface area contributed by atoms with Crippen LogP contribution in [0.25, 0.3) is 0 Å². The van der Waals surface area contributed by atoms with Gasteiger partial charge in [0.1, 0.15) is 29.5 Å². The molecule has 2 aliphatic carbocycles. The lowest BCUT2D eigenvalue weighted by atomic mass is 9.76. The fourth-order valence-electron chi connectivity index (χ4n) is 5.74. The average Bonchev–Trinajstić information content (AvgIpc) is 3.50. The first-order valence-electron chi connectivity index (χ1n) is 9.83. The molecule has 5 rings (SSSR count). The van der Waals surface area contributed by atoms with E-state index in [-0.39, 0.29) is 29.8 Å². The van der Waals surface area contributed by atoms with Crippen molar-refractivity contribution >= 4 is 11.9 Å². The lowest BCUT2D eigenvalue weighted by Crippen LogP contribution is -2.44. The SMILES string of the molecule is C=C1C(=O)OC2C1C(OC(=O)C(C)CC)CC1(CO1)C1C(O)C3OC3(C)C21. The number of rotatable bonds is 3. The Morgan fingerprint density at radius 1 is 1.44 bits per heavy atom. The normalized spacial score (nSPS) is 53.1. The smallest absolute Gasteiger partial charge is 0.334 e. The van der Waals surface area contributed by atoms with Crippen molar-refractivity contribution in [2.24, 2.45) is 23.7 Å². The van der Waals surface area contributed by atoms with E-state index < -0.39 is 41.4 Å². The highest BCUT2D eigenvalue weighted by Gasteiger charge is 2.81. The van der Waals surface area contributed by atoms with E-state index in [4.69, 9.17) is 18.9 Å². The third-order valence-corrected chi connectivity index (χ3v) is 7.58. The molecule has 0 radical (unpaired) electrons. The molecule has 10 unspecified atom stereocenters. The molecule has 0 amide bonds. The van der Waals surface area contributed by atoms with Gasteiger partial charge in [0.15, 0.2) is 0 Å². The summed E-state index contributed by atoms with van der Waals surface area (Å²) in [5.41, 5.74) is -0.770. The third-order valence-electron chi connectivity index (χ3n) is 7.58. The molecular formula is C20H26O7. The van der Waals surface area contributed by atoms with Crippen LogP contribution in [0.3, 0.4) is 0 Å². The van der Waals surface area contributed by atoms with Gasteiger partial charge in [-0.3, -0.25) is 4.79 Å². The summed E-state index contributed by atoms with van der Waals surface area (Å²) in [6.45, 7) is 10.2. The second kappa shape index (κ2) is 5.33. The van der Waals surface area contributed by atoms with Gasteiger partial charge < -0.3 is 24.1 Å². The quantitative estimate of drug-likeness (QED) is 0.444. The van der Waals surface area contributed by atoms with Crippen LogP contribution in [-0.2, 0) is 28.5 Å². The summed E-state index contributed by atoms with van der Waals surface area (Å²) in [5.74, 6) is -1.83. The Kier molecular flexibility index (Phi) is 3.49. The average molecular weight is 378 g/mol. The molecule has 27 heavy (non-hydrogen) atoms. The maximum Gasteiger partial charge on any atom is 0.334 e. The van der Waals surface area contributed by atoms with E-state index in [0.29, 0.717) is 25.0 Å². The summed E-state index contributed by atoms with van der Waals surface area (Å²) in [6, 6.07) is 0. The van der Waals surface area contributed by atoms with Crippen LogP contribution in [0.5, 0.6) is 0 Å². The van der Waals surface area contributed by atoms with Gasteiger partial charge in [-0.05, 0) is 13.3 Å². The summed E-state index contributed by atoms with van der Waals surface area (Å²) in [6.07, 6.45) is -0.917. The topological polar surface area (TPSA) is 97.9 Å². The van der Waals surface area contributed by atoms with Crippen LogP contribution in [-0.4, -0.2) is 59.3 Å². The predicted molar refractivity (Wildman–Crippen MR) is 91.4 cm³/mol. The fraction of sp³-hybridized carbons (Fsp3) is 0.800. The molecule has 0 aromatic heterocycles. The summed E-state index contributed by atoms with van der Waals surface area (Å²) in [4.78, 5) is 24.9. The lowest BCUT2D eigenvalue weighted by molar-refractivity contribution is -0.158. The third kappa shape index (κ3) is 2.19. The van der Waals surface area contributed by atoms with E-state index in [9.17, 15) is 14.7 Å². The zero-order chi connectivity index (χ0) is 19.3. The Morgan fingerprint density at radius 3 is 2.78 bits per heavy atom. The molecule has 5 aliphatic rings. The first-order valence-corrected chi connectivity index (χ1v) is 9.83. The number of aliphatic hydroxyl groups excluding tert-OH is 1. The molecular weight excluding hydrogens is 352 g/mol. The van der Waals surface area contributed by atoms with Crippen molar-refractivity contribution in [1.82, 2.24) is 0 Å². The van der Waals surface area contributed by atoms with Gasteiger partial charge in [-0.1, -0.05) is 20.4 Å². The maximum absolute atomic E-state index is 12.5. The van der Waals surface area contributed by atoms with Crippen LogP contribution in [0.1, 0.15) is 33.6 Å². The first-order chi connectivity index (χ1) is 12.7. The van der Waals surface area contributed by atoms with Crippen molar-refractivity contribution in [2.75, 3.05) is 6.61 Å². The second-order valence-electron chi connectivity index (χ2n) is 9.03. The molecule has 7 heteroatoms. The molecule has 0 aromatic carbocycles. The van der Waals surface area contributed by atoms with Crippen LogP contribution < -0.4 is 0 Å². The first kappa shape index (κ1) is 17.6. The highest BCUT2D eigenvalue weighted by atomic mass is 16.6. The molecule has 2 saturated carbocycles. The number of hydrogen-bond acceptors (Lipinski definition) is 7. The van der Waals surface area contributed by atoms with Crippen LogP contribution in [0.15, 0.2) is 12.2 Å². The highest BCUT2D eigenvalue weighted by molar-refractivity contribution is 5.91. The predicted octanol–water partition coefficient (Wildman–Crippen LogP) is 0.979. The molecule has 7 nitrogen and oxygen atoms in total. The summed E-state index contributed by atoms with van der Waals surface area (Å²) in [5, 5.41) is 10.9. The standard InChI is InChI=1S/C20H26O7/c1-5-8(2)17(22)25-10-6-20(7-24-20)12-13(19(4)16(27-19)14(12)21)15-11(10)9(3)18(23)26-15/h8,10-16,21H,3,5-7H2,1-2,4H3. The molecule has 5 fully saturated rings. The number of fused-ring (bicyclic) bond motifs is 6. The molecule has 0 aromatic rings. The van der Waals surface area contributed by atoms with Crippen LogP contribution in [0, 0.1) is 23.7 Å². The summed E-state index contributed by atoms with van der Waals surface area (Å²) >= 11 is 0. The van der Waals surface area contributed by atoms with Gasteiger partial charge in [0.05, 0.1) is 24.5 Å². The van der Waals surface area contributed by atoms with Crippen molar-refractivity contribution in [3.05, 3.63) is 12.2 Å². The minimum Gasteiger partial charge on any atom is -0.461 e. The van der Waals surface area contributed by atoms with Crippen molar-refractivity contribution in [1.29, 1.82) is 0 Å². The van der Waals surface area contributed by atoms with Gasteiger partial charge in [0.2, 0.25) is 0 Å². The van der Waals surface area contributed by atoms with Crippen molar-refractivity contribution in [2.45, 2.75) is 69.2 Å². The zero-order valence-electron chi connectivity index (χ0n) is 15.8. The van der Waals surface area contributed by atoms with Gasteiger partial charge in [-0.2, -0.15) is 0 Å². The van der Waals surface area contributed by atoms with Gasteiger partial charge in [0, 0.05) is 23.8 Å². The van der Waals surface area contributed by atoms with E-state index >= 15 is 0 Å². The molecule has 3 saturated heterocycles. The van der Waals surface area contributed by atoms with Gasteiger partial charge >= 0.3 is 11.9 Å². The van der Waals surface area contributed by atoms with Gasteiger partial charge in [-0.15, -0.1) is 0 Å². The Bertz CT molecular complexity index is 728. The van der Waals surface area contributed by atoms with E-state index in [1.807, 2.05) is 20.8 Å². The fourth-order valence-corrected chi connectivity index (χ4v) is 5.74. The van der Waals surface area contributed by atoms with Crippen molar-refractivity contribution < 1.29 is 33.6 Å². The van der Waals surface area contributed by atoms with Crippen LogP contribution in [0.4, 0.5) is 0 Å². The van der Waals surface area contributed by atoms with Gasteiger partial charge in [-0.25, -0.2) is 4.79 Å². The number of aliphatic hydroxyl groups is 1. The Balaban J connectivity index is 1.54. The van der Waals surface area contributed by atoms with E-state index in [1.165, 1.54) is 0 Å².